The van der Waals surface area contributed by atoms with Crippen LogP contribution in [0.5, 0.6) is 0 Å². The highest BCUT2D eigenvalue weighted by atomic mass is 16.3. The van der Waals surface area contributed by atoms with Crippen molar-refractivity contribution in [3.8, 4) is 0 Å². The Labute approximate surface area is 145 Å². The molecule has 0 radical (unpaired) electrons. The van der Waals surface area contributed by atoms with Crippen LogP contribution in [0.1, 0.15) is 36.0 Å². The Morgan fingerprint density at radius 2 is 2.08 bits per heavy atom. The number of anilines is 1. The maximum atomic E-state index is 5.28. The van der Waals surface area contributed by atoms with Crippen molar-refractivity contribution < 1.29 is 4.42 Å². The predicted octanol–water partition coefficient (Wildman–Crippen LogP) is 1.62. The van der Waals surface area contributed by atoms with Crippen LogP contribution >= 0.6 is 0 Å². The Balaban J connectivity index is 1.27. The molecule has 25 heavy (non-hydrogen) atoms. The molecule has 4 heterocycles. The fraction of sp³-hybridized carbons (Fsp3) is 0.529. The van der Waals surface area contributed by atoms with E-state index in [-0.39, 0.29) is 0 Å². The van der Waals surface area contributed by atoms with Gasteiger partial charge < -0.3 is 9.32 Å². The number of likely N-dealkylation sites (N-methyl/N-ethyl adjacent to an activating group) is 1. The summed E-state index contributed by atoms with van der Waals surface area (Å²) in [4.78, 5) is 8.91. The highest BCUT2D eigenvalue weighted by Crippen LogP contribution is 2.38. The topological polar surface area (TPSA) is 75.6 Å². The van der Waals surface area contributed by atoms with Gasteiger partial charge in [-0.05, 0) is 38.9 Å². The molecule has 0 amide bonds. The van der Waals surface area contributed by atoms with E-state index in [1.165, 1.54) is 19.2 Å². The molecule has 0 bridgehead atoms. The van der Waals surface area contributed by atoms with Gasteiger partial charge in [0.2, 0.25) is 0 Å². The fourth-order valence-electron chi connectivity index (χ4n) is 3.33. The summed E-state index contributed by atoms with van der Waals surface area (Å²) in [7, 11) is 2.14. The first-order chi connectivity index (χ1) is 12.2. The third-order valence-corrected chi connectivity index (χ3v) is 5.27. The van der Waals surface area contributed by atoms with Gasteiger partial charge in [0.25, 0.3) is 0 Å². The highest BCUT2D eigenvalue weighted by Gasteiger charge is 2.33. The van der Waals surface area contributed by atoms with Crippen LogP contribution in [0.2, 0.25) is 0 Å². The Bertz CT molecular complexity index is 907. The quantitative estimate of drug-likeness (QED) is 0.699. The third kappa shape index (κ3) is 2.57. The lowest BCUT2D eigenvalue weighted by Gasteiger charge is -2.44. The molecule has 2 fully saturated rings. The molecule has 0 aromatic carbocycles. The summed E-state index contributed by atoms with van der Waals surface area (Å²) in [5.41, 5.74) is 1.85. The molecule has 0 unspecified atom stereocenters. The van der Waals surface area contributed by atoms with Gasteiger partial charge in [-0.1, -0.05) is 0 Å². The van der Waals surface area contributed by atoms with Crippen molar-refractivity contribution in [3.63, 3.8) is 0 Å². The van der Waals surface area contributed by atoms with E-state index in [4.69, 9.17) is 9.52 Å². The first-order valence-electron chi connectivity index (χ1n) is 8.75. The molecule has 3 aromatic rings. The minimum absolute atomic E-state index is 0.498. The number of aromatic nitrogens is 5. The minimum atomic E-state index is 0.498. The molecule has 1 aliphatic heterocycles. The van der Waals surface area contributed by atoms with Crippen molar-refractivity contribution in [2.24, 2.45) is 0 Å². The summed E-state index contributed by atoms with van der Waals surface area (Å²) in [5.74, 6) is 3.44. The van der Waals surface area contributed by atoms with Crippen molar-refractivity contribution in [2.45, 2.75) is 38.3 Å². The monoisotopic (exact) mass is 339 g/mol. The zero-order valence-corrected chi connectivity index (χ0v) is 14.5. The van der Waals surface area contributed by atoms with Crippen molar-refractivity contribution in [1.82, 2.24) is 29.7 Å². The van der Waals surface area contributed by atoms with Crippen molar-refractivity contribution in [3.05, 3.63) is 35.8 Å². The Morgan fingerprint density at radius 1 is 1.24 bits per heavy atom. The van der Waals surface area contributed by atoms with Crippen molar-refractivity contribution in [2.75, 3.05) is 25.0 Å². The number of nitrogens with zero attached hydrogens (tertiary/aromatic N) is 7. The van der Waals surface area contributed by atoms with Gasteiger partial charge in [-0.25, -0.2) is 4.98 Å². The fourth-order valence-corrected chi connectivity index (χ4v) is 3.33. The van der Waals surface area contributed by atoms with Gasteiger partial charge >= 0.3 is 0 Å². The summed E-state index contributed by atoms with van der Waals surface area (Å²) >= 11 is 0. The normalized spacial score (nSPS) is 18.3. The number of fused-ring (bicyclic) bond motifs is 1. The Hall–Kier alpha value is -2.48. The van der Waals surface area contributed by atoms with Crippen LogP contribution in [0.3, 0.4) is 0 Å². The van der Waals surface area contributed by atoms with Crippen LogP contribution < -0.4 is 4.90 Å². The largest absolute Gasteiger partial charge is 0.448 e. The highest BCUT2D eigenvalue weighted by molar-refractivity contribution is 5.48. The second kappa shape index (κ2) is 5.52. The van der Waals surface area contributed by atoms with E-state index in [0.717, 1.165) is 48.4 Å². The van der Waals surface area contributed by atoms with Gasteiger partial charge in [0.1, 0.15) is 11.6 Å². The van der Waals surface area contributed by atoms with Crippen LogP contribution in [0, 0.1) is 6.92 Å². The molecule has 0 atom stereocenters. The van der Waals surface area contributed by atoms with Crippen LogP contribution in [0.25, 0.3) is 5.65 Å². The molecule has 1 saturated heterocycles. The van der Waals surface area contributed by atoms with Crippen LogP contribution in [0.4, 0.5) is 5.82 Å². The summed E-state index contributed by atoms with van der Waals surface area (Å²) in [5, 5.41) is 13.3. The number of rotatable bonds is 5. The molecule has 8 nitrogen and oxygen atoms in total. The van der Waals surface area contributed by atoms with Crippen LogP contribution in [-0.2, 0) is 6.54 Å². The molecule has 0 spiro atoms. The average Bonchev–Trinajstić information content (AvgIpc) is 3.20. The molecule has 8 heteroatoms. The van der Waals surface area contributed by atoms with E-state index in [9.17, 15) is 0 Å². The lowest BCUT2D eigenvalue weighted by Crippen LogP contribution is -2.58. The van der Waals surface area contributed by atoms with E-state index in [1.54, 1.807) is 0 Å². The summed E-state index contributed by atoms with van der Waals surface area (Å²) in [6.45, 7) is 4.70. The van der Waals surface area contributed by atoms with Crippen LogP contribution in [-0.4, -0.2) is 55.9 Å². The average molecular weight is 339 g/mol. The van der Waals surface area contributed by atoms with Gasteiger partial charge in [-0.2, -0.15) is 4.52 Å². The van der Waals surface area contributed by atoms with Crippen LogP contribution in [0.15, 0.2) is 22.9 Å². The molecular formula is C17H21N7O. The second-order valence-corrected chi connectivity index (χ2v) is 7.12. The zero-order valence-electron chi connectivity index (χ0n) is 14.5. The van der Waals surface area contributed by atoms with Gasteiger partial charge in [-0.15, -0.1) is 15.3 Å². The minimum Gasteiger partial charge on any atom is -0.448 e. The van der Waals surface area contributed by atoms with E-state index < -0.39 is 0 Å². The van der Waals surface area contributed by atoms with Gasteiger partial charge in [0.05, 0.1) is 5.69 Å². The number of hydrogen-bond acceptors (Lipinski definition) is 7. The summed E-state index contributed by atoms with van der Waals surface area (Å²) < 4.78 is 7.20. The number of aryl methyl sites for hydroxylation is 1. The van der Waals surface area contributed by atoms with Crippen molar-refractivity contribution in [1.29, 1.82) is 0 Å². The number of hydrogen-bond donors (Lipinski definition) is 0. The standard InChI is InChI=1S/C17H21N7O/c1-11-14(18-10-25-11)9-22(2)13-7-23(8-13)16-6-5-15-19-20-17(12-3-4-12)24(15)21-16/h5-6,10,12-13H,3-4,7-9H2,1-2H3. The van der Waals surface area contributed by atoms with E-state index >= 15 is 0 Å². The van der Waals surface area contributed by atoms with Crippen molar-refractivity contribution >= 4 is 11.5 Å². The first kappa shape index (κ1) is 14.8. The molecular weight excluding hydrogens is 318 g/mol. The second-order valence-electron chi connectivity index (χ2n) is 7.12. The molecule has 1 aliphatic carbocycles. The molecule has 3 aromatic heterocycles. The van der Waals surface area contributed by atoms with Gasteiger partial charge in [0, 0.05) is 31.6 Å². The molecule has 2 aliphatic rings. The predicted molar refractivity (Wildman–Crippen MR) is 91.5 cm³/mol. The maximum absolute atomic E-state index is 5.28. The molecule has 130 valence electrons. The lowest BCUT2D eigenvalue weighted by molar-refractivity contribution is 0.194. The summed E-state index contributed by atoms with van der Waals surface area (Å²) in [6.07, 6.45) is 3.91. The third-order valence-electron chi connectivity index (χ3n) is 5.27. The maximum Gasteiger partial charge on any atom is 0.181 e. The zero-order chi connectivity index (χ0) is 17.0. The molecule has 0 N–H and O–H groups in total. The first-order valence-corrected chi connectivity index (χ1v) is 8.75. The van der Waals surface area contributed by atoms with E-state index in [1.807, 2.05) is 23.6 Å². The summed E-state index contributed by atoms with van der Waals surface area (Å²) in [6, 6.07) is 4.55. The van der Waals surface area contributed by atoms with E-state index in [2.05, 4.69) is 32.0 Å². The molecule has 1 saturated carbocycles. The Kier molecular flexibility index (Phi) is 3.27. The van der Waals surface area contributed by atoms with E-state index in [0.29, 0.717) is 12.0 Å². The molecule has 5 rings (SSSR count). The smallest absolute Gasteiger partial charge is 0.181 e. The van der Waals surface area contributed by atoms with Gasteiger partial charge in [0.15, 0.2) is 17.9 Å². The van der Waals surface area contributed by atoms with Gasteiger partial charge in [-0.3, -0.25) is 4.90 Å². The number of oxazole rings is 1. The Morgan fingerprint density at radius 3 is 2.80 bits per heavy atom. The SMILES string of the molecule is Cc1ocnc1CN(C)C1CN(c2ccc3nnc(C4CC4)n3n2)C1. The lowest BCUT2D eigenvalue weighted by atomic mass is 10.1.